The standard InChI is InChI=1S/C16H20BrF6N3O3/c1-4-26(29-11-6-9(16(21,22)23)5-10(17)7-11)13(28)25-14(2,3)12(27)24-8-15(18,19)20/h5-7,13,25,28H,4,8H2,1-3H3,(H,24,27). The van der Waals surface area contributed by atoms with Gasteiger partial charge < -0.3 is 15.3 Å². The van der Waals surface area contributed by atoms with Gasteiger partial charge in [-0.05, 0) is 39.0 Å². The first kappa shape index (κ1) is 25.5. The number of nitrogens with one attached hydrogen (secondary N) is 2. The van der Waals surface area contributed by atoms with Crippen molar-refractivity contribution in [3.8, 4) is 5.75 Å². The van der Waals surface area contributed by atoms with Crippen LogP contribution in [0.1, 0.15) is 26.3 Å². The van der Waals surface area contributed by atoms with Crippen molar-refractivity contribution >= 4 is 21.8 Å². The van der Waals surface area contributed by atoms with Gasteiger partial charge in [-0.1, -0.05) is 15.9 Å². The maximum Gasteiger partial charge on any atom is 0.416 e. The molecule has 13 heteroatoms. The van der Waals surface area contributed by atoms with E-state index in [0.717, 1.165) is 11.1 Å². The second kappa shape index (κ2) is 9.49. The van der Waals surface area contributed by atoms with Crippen molar-refractivity contribution in [2.75, 3.05) is 13.1 Å². The number of carbonyl (C=O) groups excluding carboxylic acids is 1. The van der Waals surface area contributed by atoms with Crippen molar-refractivity contribution < 1.29 is 41.1 Å². The predicted octanol–water partition coefficient (Wildman–Crippen LogP) is 3.41. The lowest BCUT2D eigenvalue weighted by Gasteiger charge is -2.33. The Balaban J connectivity index is 2.88. The van der Waals surface area contributed by atoms with Crippen molar-refractivity contribution in [3.05, 3.63) is 28.2 Å². The van der Waals surface area contributed by atoms with Crippen LogP contribution in [0.3, 0.4) is 0 Å². The molecule has 29 heavy (non-hydrogen) atoms. The summed E-state index contributed by atoms with van der Waals surface area (Å²) in [5, 5.41) is 15.1. The number of hydrogen-bond acceptors (Lipinski definition) is 5. The molecule has 0 aliphatic heterocycles. The van der Waals surface area contributed by atoms with Crippen molar-refractivity contribution in [1.82, 2.24) is 15.7 Å². The molecule has 6 nitrogen and oxygen atoms in total. The predicted molar refractivity (Wildman–Crippen MR) is 94.4 cm³/mol. The molecule has 1 rings (SSSR count). The third-order valence-corrected chi connectivity index (χ3v) is 3.97. The zero-order valence-corrected chi connectivity index (χ0v) is 17.2. The van der Waals surface area contributed by atoms with Crippen LogP contribution < -0.4 is 15.5 Å². The average molecular weight is 496 g/mol. The number of aliphatic hydroxyl groups is 1. The molecule has 0 radical (unpaired) electrons. The summed E-state index contributed by atoms with van der Waals surface area (Å²) in [4.78, 5) is 17.2. The van der Waals surface area contributed by atoms with Gasteiger partial charge in [0, 0.05) is 11.0 Å². The molecule has 0 saturated carbocycles. The fourth-order valence-corrected chi connectivity index (χ4v) is 2.54. The number of hydrogen-bond donors (Lipinski definition) is 3. The SMILES string of the molecule is CCN(Oc1cc(Br)cc(C(F)(F)F)c1)C(O)NC(C)(C)C(=O)NCC(F)(F)F. The zero-order chi connectivity index (χ0) is 22.6. The molecule has 1 amide bonds. The van der Waals surface area contributed by atoms with Gasteiger partial charge in [0.05, 0.1) is 11.1 Å². The summed E-state index contributed by atoms with van der Waals surface area (Å²) in [5.74, 6) is -1.31. The van der Waals surface area contributed by atoms with Gasteiger partial charge in [0.25, 0.3) is 0 Å². The molecule has 1 aromatic carbocycles. The first-order chi connectivity index (χ1) is 13.0. The van der Waals surface area contributed by atoms with Gasteiger partial charge in [-0.2, -0.15) is 26.3 Å². The smallest absolute Gasteiger partial charge is 0.402 e. The first-order valence-electron chi connectivity index (χ1n) is 8.18. The Morgan fingerprint density at radius 3 is 2.28 bits per heavy atom. The molecular formula is C16H20BrF6N3O3. The van der Waals surface area contributed by atoms with Crippen LogP contribution in [0.15, 0.2) is 22.7 Å². The normalized spacial score (nSPS) is 14.1. The number of benzene rings is 1. The Labute approximate surface area is 171 Å². The summed E-state index contributed by atoms with van der Waals surface area (Å²) in [6.07, 6.45) is -11.0. The molecule has 0 aromatic heterocycles. The summed E-state index contributed by atoms with van der Waals surface area (Å²) >= 11 is 2.93. The van der Waals surface area contributed by atoms with E-state index in [1.165, 1.54) is 26.8 Å². The minimum Gasteiger partial charge on any atom is -0.402 e. The number of aliphatic hydroxyl groups excluding tert-OH is 1. The lowest BCUT2D eigenvalue weighted by Crippen LogP contribution is -2.61. The average Bonchev–Trinajstić information content (AvgIpc) is 2.54. The molecular weight excluding hydrogens is 476 g/mol. The van der Waals surface area contributed by atoms with Crippen molar-refractivity contribution in [2.45, 2.75) is 45.0 Å². The van der Waals surface area contributed by atoms with Crippen LogP contribution in [0.4, 0.5) is 26.3 Å². The van der Waals surface area contributed by atoms with E-state index in [2.05, 4.69) is 21.2 Å². The lowest BCUT2D eigenvalue weighted by atomic mass is 10.0. The van der Waals surface area contributed by atoms with E-state index in [9.17, 15) is 36.2 Å². The Morgan fingerprint density at radius 2 is 1.79 bits per heavy atom. The van der Waals surface area contributed by atoms with Gasteiger partial charge >= 0.3 is 12.4 Å². The second-order valence-corrected chi connectivity index (χ2v) is 7.35. The molecule has 0 saturated heterocycles. The molecule has 0 spiro atoms. The van der Waals surface area contributed by atoms with Crippen LogP contribution in [0.25, 0.3) is 0 Å². The van der Waals surface area contributed by atoms with Crippen LogP contribution >= 0.6 is 15.9 Å². The van der Waals surface area contributed by atoms with E-state index >= 15 is 0 Å². The summed E-state index contributed by atoms with van der Waals surface area (Å²) < 4.78 is 75.6. The minimum absolute atomic E-state index is 0.0394. The number of alkyl halides is 6. The Bertz CT molecular complexity index is 712. The third kappa shape index (κ3) is 8.36. The summed E-state index contributed by atoms with van der Waals surface area (Å²) in [5.41, 5.74) is -2.65. The van der Waals surface area contributed by atoms with Crippen LogP contribution in [-0.2, 0) is 11.0 Å². The van der Waals surface area contributed by atoms with Crippen LogP contribution in [-0.4, -0.2) is 47.2 Å². The molecule has 0 bridgehead atoms. The molecule has 0 aliphatic rings. The molecule has 166 valence electrons. The summed E-state index contributed by atoms with van der Waals surface area (Å²) in [6.45, 7) is 2.35. The Morgan fingerprint density at radius 1 is 1.21 bits per heavy atom. The quantitative estimate of drug-likeness (QED) is 0.293. The third-order valence-electron chi connectivity index (χ3n) is 3.51. The van der Waals surface area contributed by atoms with Crippen molar-refractivity contribution in [1.29, 1.82) is 0 Å². The number of halogens is 7. The van der Waals surface area contributed by atoms with Crippen LogP contribution in [0, 0.1) is 0 Å². The molecule has 0 heterocycles. The molecule has 1 unspecified atom stereocenters. The van der Waals surface area contributed by atoms with Crippen molar-refractivity contribution in [3.63, 3.8) is 0 Å². The highest BCUT2D eigenvalue weighted by atomic mass is 79.9. The highest BCUT2D eigenvalue weighted by molar-refractivity contribution is 9.10. The van der Waals surface area contributed by atoms with E-state index in [-0.39, 0.29) is 16.8 Å². The number of hydroxylamine groups is 2. The number of amides is 1. The van der Waals surface area contributed by atoms with E-state index in [4.69, 9.17) is 4.84 Å². The van der Waals surface area contributed by atoms with Gasteiger partial charge in [-0.15, -0.1) is 5.06 Å². The van der Waals surface area contributed by atoms with Gasteiger partial charge in [-0.25, -0.2) is 0 Å². The summed E-state index contributed by atoms with van der Waals surface area (Å²) in [6, 6.07) is 2.78. The maximum atomic E-state index is 12.9. The summed E-state index contributed by atoms with van der Waals surface area (Å²) in [7, 11) is 0. The van der Waals surface area contributed by atoms with Crippen LogP contribution in [0.2, 0.25) is 0 Å². The number of nitrogens with zero attached hydrogens (tertiary/aromatic N) is 1. The van der Waals surface area contributed by atoms with E-state index in [1.807, 2.05) is 0 Å². The van der Waals surface area contributed by atoms with Crippen molar-refractivity contribution in [2.24, 2.45) is 0 Å². The number of carbonyl (C=O) groups is 1. The fourth-order valence-electron chi connectivity index (χ4n) is 2.06. The highest BCUT2D eigenvalue weighted by Gasteiger charge is 2.36. The maximum absolute atomic E-state index is 12.9. The fraction of sp³-hybridized carbons (Fsp3) is 0.562. The minimum atomic E-state index is -4.63. The molecule has 0 fully saturated rings. The Hall–Kier alpha value is -1.57. The second-order valence-electron chi connectivity index (χ2n) is 6.44. The van der Waals surface area contributed by atoms with Gasteiger partial charge in [0.15, 0.2) is 6.35 Å². The lowest BCUT2D eigenvalue weighted by molar-refractivity contribution is -0.190. The van der Waals surface area contributed by atoms with E-state index in [0.29, 0.717) is 6.07 Å². The molecule has 1 aromatic rings. The van der Waals surface area contributed by atoms with Crippen LogP contribution in [0.5, 0.6) is 5.75 Å². The largest absolute Gasteiger partial charge is 0.416 e. The number of rotatable bonds is 8. The zero-order valence-electron chi connectivity index (χ0n) is 15.6. The van der Waals surface area contributed by atoms with E-state index < -0.39 is 42.3 Å². The molecule has 1 atom stereocenters. The van der Waals surface area contributed by atoms with Gasteiger partial charge in [-0.3, -0.25) is 10.1 Å². The topological polar surface area (TPSA) is 73.8 Å². The van der Waals surface area contributed by atoms with E-state index in [1.54, 1.807) is 5.32 Å². The molecule has 0 aliphatic carbocycles. The van der Waals surface area contributed by atoms with Gasteiger partial charge in [0.1, 0.15) is 12.3 Å². The van der Waals surface area contributed by atoms with Gasteiger partial charge in [0.2, 0.25) is 5.91 Å². The molecule has 3 N–H and O–H groups in total. The highest BCUT2D eigenvalue weighted by Crippen LogP contribution is 2.34. The monoisotopic (exact) mass is 495 g/mol. The first-order valence-corrected chi connectivity index (χ1v) is 8.97. The Kier molecular flexibility index (Phi) is 8.34.